The summed E-state index contributed by atoms with van der Waals surface area (Å²) >= 11 is 0. The Morgan fingerprint density at radius 1 is 1.32 bits per heavy atom. The minimum atomic E-state index is 0.0795. The van der Waals surface area contributed by atoms with Gasteiger partial charge in [0.25, 0.3) is 0 Å². The number of rotatable bonds is 6. The van der Waals surface area contributed by atoms with Gasteiger partial charge in [0.15, 0.2) is 5.75 Å². The zero-order valence-corrected chi connectivity index (χ0v) is 10.7. The predicted octanol–water partition coefficient (Wildman–Crippen LogP) is 0.565. The van der Waals surface area contributed by atoms with Gasteiger partial charge in [-0.2, -0.15) is 15.1 Å². The summed E-state index contributed by atoms with van der Waals surface area (Å²) in [6.07, 6.45) is 4.33. The second-order valence-corrected chi connectivity index (χ2v) is 3.61. The summed E-state index contributed by atoms with van der Waals surface area (Å²) in [6, 6.07) is 0.190. The van der Waals surface area contributed by atoms with Crippen LogP contribution in [0.1, 0.15) is 13.3 Å². The second-order valence-electron chi connectivity index (χ2n) is 3.61. The highest BCUT2D eigenvalue weighted by molar-refractivity contribution is 5.27. The monoisotopic (exact) mass is 265 g/mol. The summed E-state index contributed by atoms with van der Waals surface area (Å²) in [5.74, 6) is 5.94. The fourth-order valence-electron chi connectivity index (χ4n) is 1.39. The Morgan fingerprint density at radius 2 is 2.11 bits per heavy atom. The molecule has 2 aromatic rings. The first kappa shape index (κ1) is 13.0. The van der Waals surface area contributed by atoms with Gasteiger partial charge in [-0.1, -0.05) is 6.92 Å². The summed E-state index contributed by atoms with van der Waals surface area (Å²) in [4.78, 5) is 11.8. The van der Waals surface area contributed by atoms with Gasteiger partial charge in [-0.25, -0.2) is 5.84 Å². The first-order valence-electron chi connectivity index (χ1n) is 5.72. The number of aryl methyl sites for hydroxylation is 1. The molecule has 0 aliphatic heterocycles. The molecule has 2 heterocycles. The molecule has 0 radical (unpaired) electrons. The number of aromatic nitrogens is 5. The van der Waals surface area contributed by atoms with E-state index in [9.17, 15) is 0 Å². The predicted molar refractivity (Wildman–Crippen MR) is 66.8 cm³/mol. The lowest BCUT2D eigenvalue weighted by atomic mass is 10.5. The van der Waals surface area contributed by atoms with Gasteiger partial charge in [0.2, 0.25) is 5.95 Å². The molecule has 0 aliphatic carbocycles. The molecule has 0 saturated carbocycles. The molecule has 0 unspecified atom stereocenters. The Bertz CT molecular complexity index is 520. The molecule has 0 bridgehead atoms. The van der Waals surface area contributed by atoms with Crippen molar-refractivity contribution < 1.29 is 9.47 Å². The highest BCUT2D eigenvalue weighted by Gasteiger charge is 2.09. The average Bonchev–Trinajstić information content (AvgIpc) is 2.86. The largest absolute Gasteiger partial charge is 0.467 e. The van der Waals surface area contributed by atoms with Gasteiger partial charge in [-0.3, -0.25) is 10.1 Å². The number of ether oxygens (including phenoxy) is 2. The molecule has 0 aliphatic rings. The van der Waals surface area contributed by atoms with Crippen LogP contribution in [-0.2, 0) is 6.54 Å². The molecular formula is C10H15N7O2. The SMILES string of the molecule is CCCn1cc(Oc2nc(NN)nc(OC)n2)cn1. The van der Waals surface area contributed by atoms with E-state index in [1.807, 2.05) is 0 Å². The van der Waals surface area contributed by atoms with Crippen LogP contribution >= 0.6 is 0 Å². The van der Waals surface area contributed by atoms with Crippen LogP contribution in [0.4, 0.5) is 5.95 Å². The van der Waals surface area contributed by atoms with E-state index in [1.54, 1.807) is 17.1 Å². The van der Waals surface area contributed by atoms with Crippen molar-refractivity contribution in [2.45, 2.75) is 19.9 Å². The molecule has 19 heavy (non-hydrogen) atoms. The smallest absolute Gasteiger partial charge is 0.330 e. The zero-order chi connectivity index (χ0) is 13.7. The van der Waals surface area contributed by atoms with Crippen molar-refractivity contribution >= 4 is 5.95 Å². The molecule has 2 rings (SSSR count). The molecule has 0 amide bonds. The molecule has 0 aromatic carbocycles. The van der Waals surface area contributed by atoms with Gasteiger partial charge in [-0.05, 0) is 6.42 Å². The summed E-state index contributed by atoms with van der Waals surface area (Å²) in [5, 5.41) is 4.14. The number of nitrogens with two attached hydrogens (primary N) is 1. The topological polar surface area (TPSA) is 113 Å². The molecule has 9 nitrogen and oxygen atoms in total. The van der Waals surface area contributed by atoms with E-state index < -0.39 is 0 Å². The highest BCUT2D eigenvalue weighted by Crippen LogP contribution is 2.19. The van der Waals surface area contributed by atoms with E-state index >= 15 is 0 Å². The number of methoxy groups -OCH3 is 1. The van der Waals surface area contributed by atoms with Gasteiger partial charge in [0.1, 0.15) is 0 Å². The van der Waals surface area contributed by atoms with Crippen LogP contribution in [0.25, 0.3) is 0 Å². The number of hydrazine groups is 1. The van der Waals surface area contributed by atoms with E-state index in [0.717, 1.165) is 13.0 Å². The number of nitrogens with one attached hydrogen (secondary N) is 1. The summed E-state index contributed by atoms with van der Waals surface area (Å²) < 4.78 is 12.2. The minimum Gasteiger partial charge on any atom is -0.467 e. The fraction of sp³-hybridized carbons (Fsp3) is 0.400. The third-order valence-electron chi connectivity index (χ3n) is 2.18. The van der Waals surface area contributed by atoms with Crippen molar-refractivity contribution in [3.63, 3.8) is 0 Å². The Balaban J connectivity index is 2.16. The van der Waals surface area contributed by atoms with E-state index in [2.05, 4.69) is 32.4 Å². The molecule has 102 valence electrons. The van der Waals surface area contributed by atoms with Crippen LogP contribution in [0.5, 0.6) is 17.8 Å². The lowest BCUT2D eigenvalue weighted by Crippen LogP contribution is -2.12. The van der Waals surface area contributed by atoms with Crippen LogP contribution < -0.4 is 20.7 Å². The average molecular weight is 265 g/mol. The number of hydrogen-bond acceptors (Lipinski definition) is 8. The van der Waals surface area contributed by atoms with Crippen LogP contribution in [0.3, 0.4) is 0 Å². The van der Waals surface area contributed by atoms with Crippen LogP contribution in [-0.4, -0.2) is 31.8 Å². The normalized spacial score (nSPS) is 10.3. The maximum atomic E-state index is 5.47. The van der Waals surface area contributed by atoms with Gasteiger partial charge in [0.05, 0.1) is 19.5 Å². The molecule has 3 N–H and O–H groups in total. The van der Waals surface area contributed by atoms with Gasteiger partial charge < -0.3 is 9.47 Å². The van der Waals surface area contributed by atoms with Crippen LogP contribution in [0.2, 0.25) is 0 Å². The van der Waals surface area contributed by atoms with E-state index in [0.29, 0.717) is 5.75 Å². The first-order chi connectivity index (χ1) is 9.25. The molecule has 0 saturated heterocycles. The summed E-state index contributed by atoms with van der Waals surface area (Å²) in [6.45, 7) is 2.89. The van der Waals surface area contributed by atoms with Crippen molar-refractivity contribution in [1.29, 1.82) is 0 Å². The molecular weight excluding hydrogens is 250 g/mol. The van der Waals surface area contributed by atoms with Gasteiger partial charge >= 0.3 is 12.0 Å². The maximum Gasteiger partial charge on any atom is 0.330 e. The molecule has 2 aromatic heterocycles. The standard InChI is InChI=1S/C10H15N7O2/c1-3-4-17-6-7(5-12-17)19-10-14-8(16-11)13-9(15-10)18-2/h5-6H,3-4,11H2,1-2H3,(H,13,14,15,16). The Hall–Kier alpha value is -2.42. The summed E-state index contributed by atoms with van der Waals surface area (Å²) in [7, 11) is 1.44. The lowest BCUT2D eigenvalue weighted by Gasteiger charge is -2.04. The van der Waals surface area contributed by atoms with E-state index in [4.69, 9.17) is 15.3 Å². The molecule has 9 heteroatoms. The molecule has 0 atom stereocenters. The van der Waals surface area contributed by atoms with Crippen molar-refractivity contribution in [3.05, 3.63) is 12.4 Å². The van der Waals surface area contributed by atoms with E-state index in [1.165, 1.54) is 7.11 Å². The number of nitrogens with zero attached hydrogens (tertiary/aromatic N) is 5. The molecule has 0 spiro atoms. The third-order valence-corrected chi connectivity index (χ3v) is 2.18. The number of nitrogen functional groups attached to an aromatic ring is 1. The summed E-state index contributed by atoms with van der Waals surface area (Å²) in [5.41, 5.74) is 2.31. The third kappa shape index (κ3) is 3.28. The van der Waals surface area contributed by atoms with Crippen molar-refractivity contribution in [1.82, 2.24) is 24.7 Å². The maximum absolute atomic E-state index is 5.47. The van der Waals surface area contributed by atoms with Crippen LogP contribution in [0, 0.1) is 0 Å². The Morgan fingerprint density at radius 3 is 2.79 bits per heavy atom. The number of anilines is 1. The molecule has 0 fully saturated rings. The highest BCUT2D eigenvalue weighted by atomic mass is 16.5. The fourth-order valence-corrected chi connectivity index (χ4v) is 1.39. The van der Waals surface area contributed by atoms with Gasteiger partial charge in [0, 0.05) is 6.54 Å². The van der Waals surface area contributed by atoms with Crippen LogP contribution in [0.15, 0.2) is 12.4 Å². The van der Waals surface area contributed by atoms with Crippen molar-refractivity contribution in [2.24, 2.45) is 5.84 Å². The lowest BCUT2D eigenvalue weighted by molar-refractivity contribution is 0.360. The Kier molecular flexibility index (Phi) is 4.08. The quantitative estimate of drug-likeness (QED) is 0.575. The van der Waals surface area contributed by atoms with Gasteiger partial charge in [-0.15, -0.1) is 4.98 Å². The zero-order valence-electron chi connectivity index (χ0n) is 10.7. The first-order valence-corrected chi connectivity index (χ1v) is 5.72. The number of hydrogen-bond donors (Lipinski definition) is 2. The minimum absolute atomic E-state index is 0.0795. The van der Waals surface area contributed by atoms with Crippen molar-refractivity contribution in [2.75, 3.05) is 12.5 Å². The Labute approximate surface area is 109 Å². The van der Waals surface area contributed by atoms with Crippen molar-refractivity contribution in [3.8, 4) is 17.8 Å². The van der Waals surface area contributed by atoms with E-state index in [-0.39, 0.29) is 18.0 Å². The second kappa shape index (κ2) is 5.96.